The van der Waals surface area contributed by atoms with Gasteiger partial charge in [0, 0.05) is 18.7 Å². The Kier molecular flexibility index (Phi) is 4.54. The van der Waals surface area contributed by atoms with Crippen molar-refractivity contribution in [1.82, 2.24) is 9.80 Å². The molecule has 1 aromatic heterocycles. The van der Waals surface area contributed by atoms with E-state index in [9.17, 15) is 18.8 Å². The minimum absolute atomic E-state index is 0.0608. The molecule has 1 atom stereocenters. The number of furan rings is 1. The summed E-state index contributed by atoms with van der Waals surface area (Å²) in [6, 6.07) is 13.5. The van der Waals surface area contributed by atoms with Crippen molar-refractivity contribution in [2.45, 2.75) is 6.04 Å². The molecule has 0 saturated carbocycles. The van der Waals surface area contributed by atoms with Crippen LogP contribution in [-0.2, 0) is 4.79 Å². The number of carbonyl (C=O) groups is 3. The van der Waals surface area contributed by atoms with Gasteiger partial charge in [0.25, 0.3) is 11.8 Å². The van der Waals surface area contributed by atoms with Crippen LogP contribution in [0.25, 0.3) is 11.1 Å². The molecule has 5 rings (SSSR count). The fraction of sp³-hybridized carbons (Fsp3) is 0.174. The Morgan fingerprint density at radius 2 is 1.87 bits per heavy atom. The maximum Gasteiger partial charge on any atom is 0.289 e. The number of amides is 3. The van der Waals surface area contributed by atoms with E-state index < -0.39 is 11.9 Å². The van der Waals surface area contributed by atoms with Crippen LogP contribution < -0.4 is 5.32 Å². The number of fused-ring (bicyclic) bond motifs is 2. The molecule has 0 radical (unpaired) electrons. The number of nitrogens with zero attached hydrogens (tertiary/aromatic N) is 2. The monoisotopic (exact) mass is 419 g/mol. The first-order valence-electron chi connectivity index (χ1n) is 9.86. The molecule has 3 heterocycles. The Morgan fingerprint density at radius 1 is 1.03 bits per heavy atom. The van der Waals surface area contributed by atoms with Crippen LogP contribution in [0.15, 0.2) is 65.3 Å². The van der Waals surface area contributed by atoms with Crippen LogP contribution in [0.4, 0.5) is 10.1 Å². The van der Waals surface area contributed by atoms with Crippen LogP contribution in [0.1, 0.15) is 20.9 Å². The van der Waals surface area contributed by atoms with Crippen LogP contribution in [0.3, 0.4) is 0 Å². The number of carbonyl (C=O) groups excluding carboxylic acids is 3. The third kappa shape index (κ3) is 3.26. The maximum atomic E-state index is 14.2. The van der Waals surface area contributed by atoms with Gasteiger partial charge in [0.2, 0.25) is 5.91 Å². The van der Waals surface area contributed by atoms with Crippen molar-refractivity contribution in [1.29, 1.82) is 0 Å². The second kappa shape index (κ2) is 7.39. The number of anilines is 1. The van der Waals surface area contributed by atoms with Crippen molar-refractivity contribution in [3.05, 3.63) is 78.0 Å². The summed E-state index contributed by atoms with van der Waals surface area (Å²) in [5, 5.41) is 2.78. The van der Waals surface area contributed by atoms with Crippen LogP contribution in [0.5, 0.6) is 0 Å². The average Bonchev–Trinajstić information content (AvgIpc) is 3.30. The van der Waals surface area contributed by atoms with Crippen LogP contribution in [0, 0.1) is 5.82 Å². The van der Waals surface area contributed by atoms with Crippen molar-refractivity contribution >= 4 is 23.4 Å². The summed E-state index contributed by atoms with van der Waals surface area (Å²) in [4.78, 5) is 41.8. The quantitative estimate of drug-likeness (QED) is 0.692. The molecular formula is C23H18FN3O4. The third-order valence-electron chi connectivity index (χ3n) is 5.66. The van der Waals surface area contributed by atoms with E-state index in [-0.39, 0.29) is 43.1 Å². The van der Waals surface area contributed by atoms with E-state index in [0.29, 0.717) is 22.4 Å². The summed E-state index contributed by atoms with van der Waals surface area (Å²) in [5.74, 6) is -1.24. The molecular weight excluding hydrogens is 401 g/mol. The summed E-state index contributed by atoms with van der Waals surface area (Å²) in [6.45, 7) is 0.537. The van der Waals surface area contributed by atoms with Gasteiger partial charge >= 0.3 is 0 Å². The molecule has 2 aliphatic rings. The highest BCUT2D eigenvalue weighted by Gasteiger charge is 2.41. The van der Waals surface area contributed by atoms with E-state index in [0.717, 1.165) is 0 Å². The SMILES string of the molecule is O=C1Nc2ccc(-c3ccccc3F)cc2C(=O)N2CCN(C(=O)c3ccco3)CC12. The van der Waals surface area contributed by atoms with Gasteiger partial charge < -0.3 is 19.5 Å². The predicted molar refractivity (Wildman–Crippen MR) is 110 cm³/mol. The van der Waals surface area contributed by atoms with Crippen LogP contribution >= 0.6 is 0 Å². The van der Waals surface area contributed by atoms with Gasteiger partial charge in [-0.3, -0.25) is 14.4 Å². The summed E-state index contributed by atoms with van der Waals surface area (Å²) < 4.78 is 19.4. The third-order valence-corrected chi connectivity index (χ3v) is 5.66. The smallest absolute Gasteiger partial charge is 0.289 e. The molecule has 0 aliphatic carbocycles. The predicted octanol–water partition coefficient (Wildman–Crippen LogP) is 3.00. The Morgan fingerprint density at radius 3 is 2.65 bits per heavy atom. The Balaban J connectivity index is 1.46. The topological polar surface area (TPSA) is 82.9 Å². The molecule has 0 bridgehead atoms. The standard InChI is InChI=1S/C23H18FN3O4/c24-17-5-2-1-4-15(17)14-7-8-18-16(12-14)22(29)27-10-9-26(13-19(27)21(28)25-18)23(30)20-6-3-11-31-20/h1-8,11-12,19H,9-10,13H2,(H,25,28). The number of rotatable bonds is 2. The maximum absolute atomic E-state index is 14.2. The normalized spacial score (nSPS) is 18.2. The molecule has 8 heteroatoms. The minimum Gasteiger partial charge on any atom is -0.459 e. The summed E-state index contributed by atoms with van der Waals surface area (Å²) >= 11 is 0. The molecule has 156 valence electrons. The number of benzene rings is 2. The zero-order chi connectivity index (χ0) is 21.5. The van der Waals surface area contributed by atoms with Crippen molar-refractivity contribution < 1.29 is 23.2 Å². The zero-order valence-corrected chi connectivity index (χ0v) is 16.4. The lowest BCUT2D eigenvalue weighted by molar-refractivity contribution is -0.121. The number of hydrogen-bond donors (Lipinski definition) is 1. The molecule has 1 fully saturated rings. The summed E-state index contributed by atoms with van der Waals surface area (Å²) in [5.41, 5.74) is 1.58. The van der Waals surface area contributed by atoms with Gasteiger partial charge in [-0.2, -0.15) is 0 Å². The van der Waals surface area contributed by atoms with E-state index in [1.165, 1.54) is 22.1 Å². The molecule has 0 spiro atoms. The van der Waals surface area contributed by atoms with Gasteiger partial charge in [-0.15, -0.1) is 0 Å². The van der Waals surface area contributed by atoms with Gasteiger partial charge in [-0.25, -0.2) is 4.39 Å². The lowest BCUT2D eigenvalue weighted by Crippen LogP contribution is -2.59. The first-order valence-corrected chi connectivity index (χ1v) is 9.86. The lowest BCUT2D eigenvalue weighted by atomic mass is 10.0. The summed E-state index contributed by atoms with van der Waals surface area (Å²) in [7, 11) is 0. The number of hydrogen-bond acceptors (Lipinski definition) is 4. The van der Waals surface area contributed by atoms with E-state index in [1.54, 1.807) is 48.5 Å². The Labute approximate surface area is 177 Å². The molecule has 7 nitrogen and oxygen atoms in total. The lowest BCUT2D eigenvalue weighted by Gasteiger charge is -2.39. The number of nitrogens with one attached hydrogen (secondary N) is 1. The Hall–Kier alpha value is -3.94. The highest BCUT2D eigenvalue weighted by atomic mass is 19.1. The van der Waals surface area contributed by atoms with Gasteiger partial charge in [0.1, 0.15) is 11.9 Å². The number of piperazine rings is 1. The molecule has 3 aromatic rings. The van der Waals surface area contributed by atoms with E-state index in [4.69, 9.17) is 4.42 Å². The molecule has 2 aromatic carbocycles. The average molecular weight is 419 g/mol. The first kappa shape index (κ1) is 19.0. The molecule has 3 amide bonds. The highest BCUT2D eigenvalue weighted by molar-refractivity contribution is 6.11. The fourth-order valence-corrected chi connectivity index (χ4v) is 4.05. The van der Waals surface area contributed by atoms with Crippen molar-refractivity contribution in [2.24, 2.45) is 0 Å². The van der Waals surface area contributed by atoms with Gasteiger partial charge in [-0.1, -0.05) is 24.3 Å². The van der Waals surface area contributed by atoms with Crippen molar-refractivity contribution in [3.63, 3.8) is 0 Å². The van der Waals surface area contributed by atoms with Gasteiger partial charge in [0.15, 0.2) is 5.76 Å². The van der Waals surface area contributed by atoms with Gasteiger partial charge in [0.05, 0.1) is 24.1 Å². The fourth-order valence-electron chi connectivity index (χ4n) is 4.05. The van der Waals surface area contributed by atoms with E-state index in [2.05, 4.69) is 5.32 Å². The van der Waals surface area contributed by atoms with Crippen LogP contribution in [-0.4, -0.2) is 53.2 Å². The van der Waals surface area contributed by atoms with Crippen LogP contribution in [0.2, 0.25) is 0 Å². The van der Waals surface area contributed by atoms with Crippen molar-refractivity contribution in [3.8, 4) is 11.1 Å². The molecule has 1 unspecified atom stereocenters. The van der Waals surface area contributed by atoms with Gasteiger partial charge in [-0.05, 0) is 35.9 Å². The minimum atomic E-state index is -0.829. The van der Waals surface area contributed by atoms with E-state index >= 15 is 0 Å². The van der Waals surface area contributed by atoms with Crippen molar-refractivity contribution in [2.75, 3.05) is 25.0 Å². The highest BCUT2D eigenvalue weighted by Crippen LogP contribution is 2.31. The largest absolute Gasteiger partial charge is 0.459 e. The second-order valence-corrected chi connectivity index (χ2v) is 7.47. The molecule has 2 aliphatic heterocycles. The summed E-state index contributed by atoms with van der Waals surface area (Å²) in [6.07, 6.45) is 1.41. The number of halogens is 1. The molecule has 1 N–H and O–H groups in total. The first-order chi connectivity index (χ1) is 15.0. The second-order valence-electron chi connectivity index (χ2n) is 7.47. The Bertz CT molecular complexity index is 1190. The molecule has 31 heavy (non-hydrogen) atoms. The zero-order valence-electron chi connectivity index (χ0n) is 16.4. The van der Waals surface area contributed by atoms with E-state index in [1.807, 2.05) is 0 Å². The molecule has 1 saturated heterocycles.